The first-order valence-electron chi connectivity index (χ1n) is 10.8. The summed E-state index contributed by atoms with van der Waals surface area (Å²) in [7, 11) is 0. The van der Waals surface area contributed by atoms with E-state index in [2.05, 4.69) is 21.3 Å². The maximum absolute atomic E-state index is 12.8. The van der Waals surface area contributed by atoms with Gasteiger partial charge in [-0.15, -0.1) is 0 Å². The summed E-state index contributed by atoms with van der Waals surface area (Å²) in [6, 6.07) is -4.56. The van der Waals surface area contributed by atoms with E-state index in [1.54, 1.807) is 13.8 Å². The van der Waals surface area contributed by atoms with Gasteiger partial charge in [0.2, 0.25) is 23.6 Å². The standard InChI is InChI=1S/C20H33N5O8/c1-10(2)8-14(20(32)33)25-18(30)12(5-6-16(27)28)23-19(31)13(9-15(21)26)24-17(29)11-4-3-7-22-11/h10-14,22H,3-9H2,1-2H3,(H2,21,26)(H,23,31)(H,24,29)(H,25,30)(H,27,28)(H,32,33). The Kier molecular flexibility index (Phi) is 11.3. The molecule has 1 rings (SSSR count). The highest BCUT2D eigenvalue weighted by molar-refractivity contribution is 5.96. The molecule has 0 aromatic heterocycles. The Balaban J connectivity index is 2.96. The summed E-state index contributed by atoms with van der Waals surface area (Å²) in [6.07, 6.45) is 0.0791. The van der Waals surface area contributed by atoms with Crippen LogP contribution in [-0.2, 0) is 28.8 Å². The SMILES string of the molecule is CC(C)CC(NC(=O)C(CCC(=O)O)NC(=O)C(CC(N)=O)NC(=O)C1CCCN1)C(=O)O. The van der Waals surface area contributed by atoms with Crippen LogP contribution in [0.1, 0.15) is 52.4 Å². The summed E-state index contributed by atoms with van der Waals surface area (Å²) in [5.41, 5.74) is 5.19. The molecule has 1 aliphatic heterocycles. The summed E-state index contributed by atoms with van der Waals surface area (Å²) in [6.45, 7) is 4.16. The molecule has 0 radical (unpaired) electrons. The molecule has 0 spiro atoms. The van der Waals surface area contributed by atoms with E-state index >= 15 is 0 Å². The molecule has 1 saturated heterocycles. The van der Waals surface area contributed by atoms with Gasteiger partial charge in [-0.1, -0.05) is 13.8 Å². The fraction of sp³-hybridized carbons (Fsp3) is 0.700. The van der Waals surface area contributed by atoms with E-state index in [9.17, 15) is 33.9 Å². The van der Waals surface area contributed by atoms with Gasteiger partial charge >= 0.3 is 11.9 Å². The third-order valence-corrected chi connectivity index (χ3v) is 5.02. The van der Waals surface area contributed by atoms with Crippen molar-refractivity contribution in [3.8, 4) is 0 Å². The molecule has 1 heterocycles. The van der Waals surface area contributed by atoms with Crippen LogP contribution in [-0.4, -0.2) is 76.5 Å². The predicted octanol–water partition coefficient (Wildman–Crippen LogP) is -1.94. The molecule has 0 aliphatic carbocycles. The highest BCUT2D eigenvalue weighted by Gasteiger charge is 2.32. The van der Waals surface area contributed by atoms with Gasteiger partial charge in [0.05, 0.1) is 12.5 Å². The first kappa shape index (κ1) is 27.8. The van der Waals surface area contributed by atoms with Crippen LogP contribution >= 0.6 is 0 Å². The van der Waals surface area contributed by atoms with Crippen LogP contribution in [0.3, 0.4) is 0 Å². The third kappa shape index (κ3) is 10.3. The monoisotopic (exact) mass is 471 g/mol. The van der Waals surface area contributed by atoms with E-state index in [0.717, 1.165) is 6.42 Å². The van der Waals surface area contributed by atoms with Gasteiger partial charge in [0, 0.05) is 6.42 Å². The second-order valence-corrected chi connectivity index (χ2v) is 8.40. The quantitative estimate of drug-likeness (QED) is 0.150. The lowest BCUT2D eigenvalue weighted by Gasteiger charge is -2.25. The summed E-state index contributed by atoms with van der Waals surface area (Å²) < 4.78 is 0. The van der Waals surface area contributed by atoms with Crippen LogP contribution in [0.5, 0.6) is 0 Å². The van der Waals surface area contributed by atoms with Crippen molar-refractivity contribution in [1.29, 1.82) is 0 Å². The molecule has 0 bridgehead atoms. The Morgan fingerprint density at radius 3 is 2.06 bits per heavy atom. The van der Waals surface area contributed by atoms with E-state index in [1.807, 2.05) is 0 Å². The van der Waals surface area contributed by atoms with Gasteiger partial charge in [-0.25, -0.2) is 4.79 Å². The van der Waals surface area contributed by atoms with Crippen LogP contribution in [0.25, 0.3) is 0 Å². The van der Waals surface area contributed by atoms with E-state index in [4.69, 9.17) is 10.8 Å². The van der Waals surface area contributed by atoms with Gasteiger partial charge in [0.1, 0.15) is 18.1 Å². The maximum Gasteiger partial charge on any atom is 0.326 e. The first-order valence-corrected chi connectivity index (χ1v) is 10.8. The number of carbonyl (C=O) groups excluding carboxylic acids is 4. The van der Waals surface area contributed by atoms with E-state index in [0.29, 0.717) is 13.0 Å². The van der Waals surface area contributed by atoms with Gasteiger partial charge in [-0.2, -0.15) is 0 Å². The Morgan fingerprint density at radius 2 is 1.58 bits per heavy atom. The minimum absolute atomic E-state index is 0.0576. The molecule has 8 N–H and O–H groups in total. The van der Waals surface area contributed by atoms with E-state index in [1.165, 1.54) is 0 Å². The fourth-order valence-corrected chi connectivity index (χ4v) is 3.37. The molecule has 0 aromatic carbocycles. The molecule has 186 valence electrons. The number of nitrogens with two attached hydrogens (primary N) is 1. The van der Waals surface area contributed by atoms with Gasteiger partial charge in [-0.05, 0) is 38.1 Å². The number of hydrogen-bond acceptors (Lipinski definition) is 7. The van der Waals surface area contributed by atoms with Crippen molar-refractivity contribution in [2.45, 2.75) is 76.5 Å². The molecule has 1 fully saturated rings. The number of nitrogens with one attached hydrogen (secondary N) is 4. The Morgan fingerprint density at radius 1 is 0.970 bits per heavy atom. The Bertz CT molecular complexity index is 751. The average molecular weight is 472 g/mol. The average Bonchev–Trinajstić information content (AvgIpc) is 3.23. The molecule has 4 amide bonds. The predicted molar refractivity (Wildman–Crippen MR) is 115 cm³/mol. The number of carboxylic acids is 2. The number of primary amides is 1. The lowest BCUT2D eigenvalue weighted by Crippen LogP contribution is -2.57. The first-order chi connectivity index (χ1) is 15.4. The molecule has 13 heteroatoms. The molecule has 0 aromatic rings. The lowest BCUT2D eigenvalue weighted by molar-refractivity contribution is -0.143. The minimum Gasteiger partial charge on any atom is -0.481 e. The van der Waals surface area contributed by atoms with E-state index < -0.39 is 72.6 Å². The topological polar surface area (TPSA) is 217 Å². The molecular formula is C20H33N5O8. The molecule has 33 heavy (non-hydrogen) atoms. The van der Waals surface area contributed by atoms with Crippen molar-refractivity contribution in [2.75, 3.05) is 6.54 Å². The smallest absolute Gasteiger partial charge is 0.326 e. The maximum atomic E-state index is 12.8. The molecule has 0 saturated carbocycles. The van der Waals surface area contributed by atoms with Gasteiger partial charge in [0.15, 0.2) is 0 Å². The fourth-order valence-electron chi connectivity index (χ4n) is 3.37. The highest BCUT2D eigenvalue weighted by Crippen LogP contribution is 2.08. The largest absolute Gasteiger partial charge is 0.481 e. The molecule has 1 aliphatic rings. The van der Waals surface area contributed by atoms with Crippen molar-refractivity contribution < 1.29 is 39.0 Å². The molecule has 4 unspecified atom stereocenters. The zero-order valence-corrected chi connectivity index (χ0v) is 18.8. The normalized spacial score (nSPS) is 18.1. The number of aliphatic carboxylic acids is 2. The number of amides is 4. The van der Waals surface area contributed by atoms with Crippen LogP contribution < -0.4 is 27.0 Å². The molecular weight excluding hydrogens is 438 g/mol. The number of rotatable bonds is 14. The lowest BCUT2D eigenvalue weighted by atomic mass is 10.0. The van der Waals surface area contributed by atoms with Crippen molar-refractivity contribution in [3.05, 3.63) is 0 Å². The van der Waals surface area contributed by atoms with Crippen LogP contribution in [0, 0.1) is 5.92 Å². The summed E-state index contributed by atoms with van der Waals surface area (Å²) >= 11 is 0. The summed E-state index contributed by atoms with van der Waals surface area (Å²) in [5.74, 6) is -5.75. The van der Waals surface area contributed by atoms with Crippen molar-refractivity contribution >= 4 is 35.6 Å². The van der Waals surface area contributed by atoms with E-state index in [-0.39, 0.29) is 18.8 Å². The van der Waals surface area contributed by atoms with Gasteiger partial charge < -0.3 is 37.2 Å². The summed E-state index contributed by atoms with van der Waals surface area (Å²) in [4.78, 5) is 71.7. The highest BCUT2D eigenvalue weighted by atomic mass is 16.4. The second kappa shape index (κ2) is 13.4. The zero-order valence-electron chi connectivity index (χ0n) is 18.8. The van der Waals surface area contributed by atoms with Crippen LogP contribution in [0.15, 0.2) is 0 Å². The zero-order chi connectivity index (χ0) is 25.1. The van der Waals surface area contributed by atoms with Gasteiger partial charge in [-0.3, -0.25) is 24.0 Å². The summed E-state index contributed by atoms with van der Waals surface area (Å²) in [5, 5.41) is 28.3. The number of carboxylic acid groups (broad SMARTS) is 2. The Hall–Kier alpha value is -3.22. The van der Waals surface area contributed by atoms with Crippen molar-refractivity contribution in [2.24, 2.45) is 11.7 Å². The van der Waals surface area contributed by atoms with Crippen molar-refractivity contribution in [1.82, 2.24) is 21.3 Å². The van der Waals surface area contributed by atoms with Gasteiger partial charge in [0.25, 0.3) is 0 Å². The Labute approximate surface area is 191 Å². The molecule has 13 nitrogen and oxygen atoms in total. The number of carbonyl (C=O) groups is 6. The molecule has 4 atom stereocenters. The number of hydrogen-bond donors (Lipinski definition) is 7. The second-order valence-electron chi connectivity index (χ2n) is 8.40. The van der Waals surface area contributed by atoms with Crippen LogP contribution in [0.4, 0.5) is 0 Å². The third-order valence-electron chi connectivity index (χ3n) is 5.02. The minimum atomic E-state index is -1.40. The van der Waals surface area contributed by atoms with Crippen LogP contribution in [0.2, 0.25) is 0 Å². The van der Waals surface area contributed by atoms with Crippen molar-refractivity contribution in [3.63, 3.8) is 0 Å².